The predicted molar refractivity (Wildman–Crippen MR) is 100 cm³/mol. The molecule has 2 heterocycles. The number of nitrogen functional groups attached to an aromatic ring is 1. The maximum Gasteiger partial charge on any atom is 0.490 e. The van der Waals surface area contributed by atoms with Crippen molar-refractivity contribution in [3.8, 4) is 0 Å². The van der Waals surface area contributed by atoms with Gasteiger partial charge in [-0.1, -0.05) is 5.11 Å². The summed E-state index contributed by atoms with van der Waals surface area (Å²) >= 11 is 0. The van der Waals surface area contributed by atoms with Crippen molar-refractivity contribution in [2.45, 2.75) is 30.9 Å². The highest BCUT2D eigenvalue weighted by Gasteiger charge is 2.55. The first-order valence-corrected chi connectivity index (χ1v) is 12.5. The van der Waals surface area contributed by atoms with E-state index in [9.17, 15) is 28.5 Å². The largest absolute Gasteiger partial charge is 0.490 e. The van der Waals surface area contributed by atoms with Crippen LogP contribution in [-0.2, 0) is 31.6 Å². The molecule has 1 aliphatic rings. The second-order valence-corrected chi connectivity index (χ2v) is 10.7. The maximum absolute atomic E-state index is 12.1. The Labute approximate surface area is 177 Å². The molecular weight excluding hydrogens is 505 g/mol. The molecule has 32 heavy (non-hydrogen) atoms. The summed E-state index contributed by atoms with van der Waals surface area (Å²) in [6.45, 7) is 0.144. The van der Waals surface area contributed by atoms with Crippen LogP contribution in [0.1, 0.15) is 13.2 Å². The van der Waals surface area contributed by atoms with E-state index in [0.717, 1.165) is 10.8 Å². The molecule has 19 nitrogen and oxygen atoms in total. The van der Waals surface area contributed by atoms with Crippen molar-refractivity contribution in [1.82, 2.24) is 9.55 Å². The highest BCUT2D eigenvalue weighted by Crippen LogP contribution is 2.66. The van der Waals surface area contributed by atoms with E-state index < -0.39 is 59.7 Å². The summed E-state index contributed by atoms with van der Waals surface area (Å²) in [5.41, 5.74) is 11.4. The van der Waals surface area contributed by atoms with Crippen LogP contribution in [-0.4, -0.2) is 58.6 Å². The molecule has 6 atom stereocenters. The normalized spacial score (nSPS) is 29.6. The van der Waals surface area contributed by atoms with E-state index in [2.05, 4.69) is 28.2 Å². The molecule has 0 aromatic carbocycles. The van der Waals surface area contributed by atoms with Gasteiger partial charge in [0.1, 0.15) is 17.5 Å². The van der Waals surface area contributed by atoms with E-state index in [1.54, 1.807) is 0 Å². The number of hydrogen-bond acceptors (Lipinski definition) is 12. The molecule has 2 rings (SSSR count). The average Bonchev–Trinajstić information content (AvgIpc) is 2.82. The summed E-state index contributed by atoms with van der Waals surface area (Å²) in [6.07, 6.45) is -3.72. The van der Waals surface area contributed by atoms with Crippen LogP contribution >= 0.6 is 23.5 Å². The molecule has 3 unspecified atom stereocenters. The van der Waals surface area contributed by atoms with Crippen molar-refractivity contribution < 1.29 is 56.3 Å². The van der Waals surface area contributed by atoms with Gasteiger partial charge in [-0.25, -0.2) is 18.5 Å². The number of phosphoric ester groups is 1. The number of phosphoric acid groups is 3. The van der Waals surface area contributed by atoms with Gasteiger partial charge in [0, 0.05) is 11.1 Å². The van der Waals surface area contributed by atoms with Gasteiger partial charge in [0.2, 0.25) is 0 Å². The number of azide groups is 1. The Kier molecular flexibility index (Phi) is 7.71. The van der Waals surface area contributed by atoms with Crippen molar-refractivity contribution in [2.24, 2.45) is 5.11 Å². The van der Waals surface area contributed by atoms with Crippen LogP contribution in [0.3, 0.4) is 0 Å². The van der Waals surface area contributed by atoms with Crippen LogP contribution in [0.25, 0.3) is 10.4 Å². The van der Waals surface area contributed by atoms with E-state index in [1.807, 2.05) is 0 Å². The lowest BCUT2D eigenvalue weighted by Gasteiger charge is -2.28. The number of nitrogens with two attached hydrogens (primary N) is 1. The molecule has 0 spiro atoms. The molecule has 0 bridgehead atoms. The van der Waals surface area contributed by atoms with Gasteiger partial charge < -0.3 is 35.2 Å². The summed E-state index contributed by atoms with van der Waals surface area (Å²) in [4.78, 5) is 53.9. The van der Waals surface area contributed by atoms with Crippen molar-refractivity contribution >= 4 is 29.3 Å². The van der Waals surface area contributed by atoms with Gasteiger partial charge in [0.25, 0.3) is 0 Å². The van der Waals surface area contributed by atoms with Gasteiger partial charge in [-0.15, -0.1) is 0 Å². The molecule has 1 fully saturated rings. The van der Waals surface area contributed by atoms with E-state index in [1.165, 1.54) is 13.0 Å². The molecule has 1 aliphatic heterocycles. The van der Waals surface area contributed by atoms with Gasteiger partial charge in [0.15, 0.2) is 6.23 Å². The fraction of sp³-hybridized carbons (Fsp3) is 0.600. The Balaban J connectivity index is 2.23. The standard InChI is InChI=1S/C10H17N6O13P3/c1-10(14-15-12)7(17)5(27-8(10)16-3-2-6(11)13-9(16)18)4-26-31(22,23)29-32(24,25)28-30(19,20)21/h2-3,5,7-8,17H,4H2,1H3,(H,22,23)(H,24,25)(H2,11,13,18)(H2,19,20,21)/t5?,7-,8-,10-/m1/s1. The zero-order valence-corrected chi connectivity index (χ0v) is 18.4. The summed E-state index contributed by atoms with van der Waals surface area (Å²) in [7, 11) is -16.9. The fourth-order valence-electron chi connectivity index (χ4n) is 2.66. The van der Waals surface area contributed by atoms with Gasteiger partial charge in [-0.2, -0.15) is 13.6 Å². The molecule has 1 aromatic rings. The molecule has 22 heteroatoms. The van der Waals surface area contributed by atoms with E-state index in [0.29, 0.717) is 0 Å². The number of nitrogens with zero attached hydrogens (tertiary/aromatic N) is 5. The first-order valence-electron chi connectivity index (χ1n) is 8.02. The number of anilines is 1. The van der Waals surface area contributed by atoms with Crippen molar-refractivity contribution in [2.75, 3.05) is 12.3 Å². The molecule has 7 N–H and O–H groups in total. The third kappa shape index (κ3) is 6.43. The van der Waals surface area contributed by atoms with E-state index in [4.69, 9.17) is 30.7 Å². The lowest BCUT2D eigenvalue weighted by atomic mass is 9.93. The molecular formula is C10H17N6O13P3. The number of rotatable bonds is 9. The van der Waals surface area contributed by atoms with Crippen LogP contribution < -0.4 is 11.4 Å². The quantitative estimate of drug-likeness (QED) is 0.103. The molecule has 180 valence electrons. The summed E-state index contributed by atoms with van der Waals surface area (Å²) in [6, 6.07) is 1.20. The highest BCUT2D eigenvalue weighted by molar-refractivity contribution is 7.66. The van der Waals surface area contributed by atoms with E-state index >= 15 is 0 Å². The number of ether oxygens (including phenoxy) is 1. The molecule has 1 aromatic heterocycles. The highest BCUT2D eigenvalue weighted by atomic mass is 31.3. The Morgan fingerprint density at radius 2 is 1.94 bits per heavy atom. The lowest BCUT2D eigenvalue weighted by molar-refractivity contribution is -0.0477. The minimum Gasteiger partial charge on any atom is -0.389 e. The SMILES string of the molecule is C[C@@]1(N=[N+]=[N-])[C@H](O)C(COP(=O)(O)OP(=O)(O)OP(=O)(O)O)O[C@H]1n1ccc(N)nc1=O. The van der Waals surface area contributed by atoms with Gasteiger partial charge in [0.05, 0.1) is 12.7 Å². The first kappa shape index (κ1) is 26.6. The lowest BCUT2D eigenvalue weighted by Crippen LogP contribution is -2.44. The van der Waals surface area contributed by atoms with Crippen LogP contribution in [0.5, 0.6) is 0 Å². The van der Waals surface area contributed by atoms with E-state index in [-0.39, 0.29) is 5.82 Å². The second kappa shape index (κ2) is 9.29. The molecule has 0 aliphatic carbocycles. The first-order chi connectivity index (χ1) is 14.5. The Morgan fingerprint density at radius 1 is 1.31 bits per heavy atom. The smallest absolute Gasteiger partial charge is 0.389 e. The fourth-order valence-corrected chi connectivity index (χ4v) is 5.69. The minimum absolute atomic E-state index is 0.139. The summed E-state index contributed by atoms with van der Waals surface area (Å²) in [5, 5.41) is 14.0. The zero-order chi connectivity index (χ0) is 24.5. The van der Waals surface area contributed by atoms with Crippen LogP contribution in [0, 0.1) is 0 Å². The van der Waals surface area contributed by atoms with Crippen molar-refractivity contribution in [3.05, 3.63) is 33.2 Å². The van der Waals surface area contributed by atoms with Gasteiger partial charge >= 0.3 is 29.2 Å². The van der Waals surface area contributed by atoms with Crippen LogP contribution in [0.2, 0.25) is 0 Å². The van der Waals surface area contributed by atoms with Crippen LogP contribution in [0.4, 0.5) is 5.82 Å². The van der Waals surface area contributed by atoms with Gasteiger partial charge in [-0.3, -0.25) is 9.09 Å². The monoisotopic (exact) mass is 522 g/mol. The Morgan fingerprint density at radius 3 is 2.47 bits per heavy atom. The molecule has 0 saturated carbocycles. The van der Waals surface area contributed by atoms with Gasteiger partial charge in [-0.05, 0) is 18.5 Å². The molecule has 0 radical (unpaired) electrons. The molecule has 1 saturated heterocycles. The number of aromatic nitrogens is 2. The van der Waals surface area contributed by atoms with Crippen molar-refractivity contribution in [1.29, 1.82) is 0 Å². The third-order valence-electron chi connectivity index (χ3n) is 3.94. The zero-order valence-electron chi connectivity index (χ0n) is 15.8. The van der Waals surface area contributed by atoms with Crippen LogP contribution in [0.15, 0.2) is 22.2 Å². The average molecular weight is 522 g/mol. The van der Waals surface area contributed by atoms with Crippen molar-refractivity contribution in [3.63, 3.8) is 0 Å². The summed E-state index contributed by atoms with van der Waals surface area (Å²) in [5.74, 6) is -0.139. The number of aliphatic hydroxyl groups is 1. The minimum atomic E-state index is -5.76. The summed E-state index contributed by atoms with van der Waals surface area (Å²) < 4.78 is 51.6. The number of hydrogen-bond donors (Lipinski definition) is 6. The Hall–Kier alpha value is -1.68. The Bertz CT molecular complexity index is 1120. The third-order valence-corrected chi connectivity index (χ3v) is 7.74. The number of aliphatic hydroxyl groups excluding tert-OH is 1. The molecule has 0 amide bonds. The second-order valence-electron chi connectivity index (χ2n) is 6.32. The maximum atomic E-state index is 12.1. The predicted octanol–water partition coefficient (Wildman–Crippen LogP) is -0.504. The topological polar surface area (TPSA) is 299 Å².